The van der Waals surface area contributed by atoms with Crippen molar-refractivity contribution in [2.24, 2.45) is 0 Å². The van der Waals surface area contributed by atoms with Gasteiger partial charge in [-0.15, -0.1) is 0 Å². The van der Waals surface area contributed by atoms with Gasteiger partial charge in [0.05, 0.1) is 0 Å². The van der Waals surface area contributed by atoms with Gasteiger partial charge in [-0.2, -0.15) is 0 Å². The van der Waals surface area contributed by atoms with Gasteiger partial charge in [-0.25, -0.2) is 0 Å². The van der Waals surface area contributed by atoms with E-state index in [2.05, 4.69) is 29.8 Å². The predicted octanol–water partition coefficient (Wildman–Crippen LogP) is 2.28. The monoisotopic (exact) mass is 244 g/mol. The first-order valence-electron chi connectivity index (χ1n) is 3.23. The Kier molecular flexibility index (Phi) is 13.5. The van der Waals surface area contributed by atoms with Gasteiger partial charge in [-0.1, -0.05) is 35.4 Å². The van der Waals surface area contributed by atoms with Crippen molar-refractivity contribution in [3.8, 4) is 0 Å². The Morgan fingerprint density at radius 2 is 1.55 bits per heavy atom. The van der Waals surface area contributed by atoms with Gasteiger partial charge in [0.1, 0.15) is 0 Å². The van der Waals surface area contributed by atoms with Gasteiger partial charge in [-0.3, -0.25) is 0 Å². The second-order valence-corrected chi connectivity index (χ2v) is 2.74. The molecule has 3 N–H and O–H groups in total. The van der Waals surface area contributed by atoms with E-state index in [1.165, 1.54) is 18.4 Å². The van der Waals surface area contributed by atoms with E-state index in [0.717, 1.165) is 0 Å². The van der Waals surface area contributed by atoms with Crippen LogP contribution in [0.1, 0.15) is 26.7 Å². The molecule has 0 unspecified atom stereocenters. The van der Waals surface area contributed by atoms with Crippen molar-refractivity contribution >= 4 is 24.5 Å². The lowest BCUT2D eigenvalue weighted by atomic mass is 10.2. The van der Waals surface area contributed by atoms with E-state index in [4.69, 9.17) is 14.7 Å². The van der Waals surface area contributed by atoms with Crippen LogP contribution in [0, 0.1) is 0 Å². The molecular weight excluding hydrogens is 231 g/mol. The maximum atomic E-state index is 7.23. The number of hydrogen-bond acceptors (Lipinski definition) is 3. The lowest BCUT2D eigenvalue weighted by Crippen LogP contribution is -1.71. The van der Waals surface area contributed by atoms with Crippen molar-refractivity contribution in [2.45, 2.75) is 26.7 Å². The SMILES string of the molecule is CCC(=CBr)CC.OP(O)O. The van der Waals surface area contributed by atoms with Crippen LogP contribution in [0.3, 0.4) is 0 Å². The Morgan fingerprint density at radius 1 is 1.27 bits per heavy atom. The van der Waals surface area contributed by atoms with Crippen LogP contribution in [0.15, 0.2) is 10.6 Å². The highest BCUT2D eigenvalue weighted by Crippen LogP contribution is 2.11. The molecule has 0 aliphatic heterocycles. The first kappa shape index (κ1) is 14.1. The Morgan fingerprint density at radius 3 is 1.55 bits per heavy atom. The number of allylic oxidation sites excluding steroid dienone is 1. The molecule has 0 bridgehead atoms. The highest BCUT2D eigenvalue weighted by molar-refractivity contribution is 9.11. The fraction of sp³-hybridized carbons (Fsp3) is 0.667. The molecule has 0 heterocycles. The molecule has 0 amide bonds. The molecule has 0 aliphatic rings. The van der Waals surface area contributed by atoms with Crippen LogP contribution in [-0.2, 0) is 0 Å². The Bertz CT molecular complexity index is 97.2. The lowest BCUT2D eigenvalue weighted by molar-refractivity contribution is 0.368. The molecule has 0 rings (SSSR count). The summed E-state index contributed by atoms with van der Waals surface area (Å²) in [4.78, 5) is 23.7. The van der Waals surface area contributed by atoms with Crippen LogP contribution in [0.25, 0.3) is 0 Å². The zero-order valence-electron chi connectivity index (χ0n) is 6.66. The smallest absolute Gasteiger partial charge is 0.324 e. The van der Waals surface area contributed by atoms with Crippen LogP contribution in [0.4, 0.5) is 0 Å². The zero-order chi connectivity index (χ0) is 9.28. The summed E-state index contributed by atoms with van der Waals surface area (Å²) in [6.07, 6.45) is 2.34. The molecule has 0 fully saturated rings. The molecule has 0 aliphatic carbocycles. The van der Waals surface area contributed by atoms with Crippen molar-refractivity contribution < 1.29 is 14.7 Å². The van der Waals surface area contributed by atoms with E-state index < -0.39 is 8.60 Å². The molecule has 0 saturated carbocycles. The maximum Gasteiger partial charge on any atom is 0.324 e. The van der Waals surface area contributed by atoms with Gasteiger partial charge in [0.15, 0.2) is 0 Å². The summed E-state index contributed by atoms with van der Waals surface area (Å²) < 4.78 is 0. The van der Waals surface area contributed by atoms with Crippen molar-refractivity contribution in [1.82, 2.24) is 0 Å². The Balaban J connectivity index is 0. The third-order valence-corrected chi connectivity index (χ3v) is 1.71. The molecular formula is C6H14BrO3P. The second kappa shape index (κ2) is 10.5. The minimum atomic E-state index is -2.62. The molecule has 11 heavy (non-hydrogen) atoms. The molecule has 5 heteroatoms. The number of halogens is 1. The van der Waals surface area contributed by atoms with Crippen LogP contribution < -0.4 is 0 Å². The minimum Gasteiger partial charge on any atom is -0.328 e. The largest absolute Gasteiger partial charge is 0.328 e. The summed E-state index contributed by atoms with van der Waals surface area (Å²) >= 11 is 3.27. The Hall–Kier alpha value is 0.530. The summed E-state index contributed by atoms with van der Waals surface area (Å²) in [5, 5.41) is 0. The topological polar surface area (TPSA) is 60.7 Å². The van der Waals surface area contributed by atoms with Crippen molar-refractivity contribution in [2.75, 3.05) is 0 Å². The molecule has 0 aromatic carbocycles. The molecule has 0 radical (unpaired) electrons. The fourth-order valence-electron chi connectivity index (χ4n) is 0.404. The quantitative estimate of drug-likeness (QED) is 0.654. The van der Waals surface area contributed by atoms with Crippen molar-refractivity contribution in [3.05, 3.63) is 10.6 Å². The van der Waals surface area contributed by atoms with E-state index in [1.807, 2.05) is 4.99 Å². The van der Waals surface area contributed by atoms with Gasteiger partial charge in [0.25, 0.3) is 0 Å². The van der Waals surface area contributed by atoms with Crippen molar-refractivity contribution in [1.29, 1.82) is 0 Å². The van der Waals surface area contributed by atoms with E-state index in [9.17, 15) is 0 Å². The van der Waals surface area contributed by atoms with E-state index in [-0.39, 0.29) is 0 Å². The molecule has 0 aromatic rings. The predicted molar refractivity (Wildman–Crippen MR) is 51.2 cm³/mol. The molecule has 0 atom stereocenters. The fourth-order valence-corrected chi connectivity index (χ4v) is 1.05. The van der Waals surface area contributed by atoms with Crippen molar-refractivity contribution in [3.63, 3.8) is 0 Å². The number of rotatable bonds is 2. The maximum absolute atomic E-state index is 7.23. The van der Waals surface area contributed by atoms with E-state index in [1.54, 1.807) is 0 Å². The molecule has 0 spiro atoms. The van der Waals surface area contributed by atoms with E-state index in [0.29, 0.717) is 0 Å². The van der Waals surface area contributed by atoms with Gasteiger partial charge >= 0.3 is 8.60 Å². The lowest BCUT2D eigenvalue weighted by Gasteiger charge is -1.92. The molecule has 0 saturated heterocycles. The van der Waals surface area contributed by atoms with Crippen LogP contribution in [0.2, 0.25) is 0 Å². The number of hydrogen-bond donors (Lipinski definition) is 3. The summed E-state index contributed by atoms with van der Waals surface area (Å²) in [6, 6.07) is 0. The van der Waals surface area contributed by atoms with Gasteiger partial charge in [0.2, 0.25) is 0 Å². The highest BCUT2D eigenvalue weighted by atomic mass is 79.9. The average molecular weight is 245 g/mol. The second-order valence-electron chi connectivity index (χ2n) is 1.74. The first-order chi connectivity index (χ1) is 5.08. The first-order valence-corrected chi connectivity index (χ1v) is 5.34. The summed E-state index contributed by atoms with van der Waals surface area (Å²) in [7, 11) is -2.62. The zero-order valence-corrected chi connectivity index (χ0v) is 9.14. The normalized spacial score (nSPS) is 8.64. The molecule has 0 aromatic heterocycles. The standard InChI is InChI=1S/C6H11Br.H3O3P/c1-3-6(4-2)5-7;1-4(2)3/h5H,3-4H2,1-2H3;1-3H. The minimum absolute atomic E-state index is 1.17. The summed E-state index contributed by atoms with van der Waals surface area (Å²) in [5.41, 5.74) is 1.47. The molecule has 3 nitrogen and oxygen atoms in total. The van der Waals surface area contributed by atoms with Crippen LogP contribution in [-0.4, -0.2) is 14.7 Å². The van der Waals surface area contributed by atoms with Gasteiger partial charge in [0, 0.05) is 0 Å². The summed E-state index contributed by atoms with van der Waals surface area (Å²) in [6.45, 7) is 4.33. The average Bonchev–Trinajstić information content (AvgIpc) is 1.90. The summed E-state index contributed by atoms with van der Waals surface area (Å²) in [5.74, 6) is 0. The van der Waals surface area contributed by atoms with Crippen LogP contribution >= 0.6 is 24.5 Å². The third kappa shape index (κ3) is 18.0. The van der Waals surface area contributed by atoms with Gasteiger partial charge < -0.3 is 14.7 Å². The Labute approximate surface area is 76.9 Å². The van der Waals surface area contributed by atoms with Gasteiger partial charge in [-0.05, 0) is 17.8 Å². The molecule has 68 valence electrons. The van der Waals surface area contributed by atoms with E-state index >= 15 is 0 Å². The van der Waals surface area contributed by atoms with Crippen LogP contribution in [0.5, 0.6) is 0 Å². The third-order valence-electron chi connectivity index (χ3n) is 1.06. The highest BCUT2D eigenvalue weighted by Gasteiger charge is 1.83.